The van der Waals surface area contributed by atoms with E-state index in [-0.39, 0.29) is 13.5 Å². The fraction of sp³-hybridized carbons (Fsp3) is 0.333. The highest BCUT2D eigenvalue weighted by Crippen LogP contribution is 2.30. The van der Waals surface area contributed by atoms with E-state index in [4.69, 9.17) is 0 Å². The molecule has 2 saturated heterocycles. The molecular weight excluding hydrogens is 596 g/mol. The first-order chi connectivity index (χ1) is 16.3. The number of nitrogens with zero attached hydrogens (tertiary/aromatic N) is 3. The van der Waals surface area contributed by atoms with Crippen LogP contribution < -0.4 is 16.0 Å². The number of urea groups is 4. The summed E-state index contributed by atoms with van der Waals surface area (Å²) >= 11 is 6.75. The zero-order valence-electron chi connectivity index (χ0n) is 19.8. The molecule has 0 radical (unpaired) electrons. The number of carbonyl (C=O) groups excluding carboxylic acids is 4. The van der Waals surface area contributed by atoms with Crippen molar-refractivity contribution in [1.29, 1.82) is 0 Å². The van der Waals surface area contributed by atoms with E-state index in [1.807, 2.05) is 48.5 Å². The largest absolute Gasteiger partial charge is 0.329 e. The quantitative estimate of drug-likeness (QED) is 0.438. The molecule has 0 aliphatic carbocycles. The Balaban J connectivity index is 0.000000247. The maximum Gasteiger partial charge on any atom is 0.329 e. The standard InChI is InChI=1S/C12H14BrN3O2.C11H12BrN3O2.CH4/c1-12(8-5-4-6-9(13)7-8)14-10(17)15(2)11(18)16(12)3;1-11(7-4-3-5-8(12)6-7)13-9(16)15(2)10(17)14-11;/h4-7H,1-3H3,(H,14,17);3-6H,1-2H3,(H,13,16)(H,14,17);1H4. The van der Waals surface area contributed by atoms with Crippen LogP contribution in [0.5, 0.6) is 0 Å². The Labute approximate surface area is 227 Å². The van der Waals surface area contributed by atoms with Gasteiger partial charge in [0.05, 0.1) is 0 Å². The van der Waals surface area contributed by atoms with Gasteiger partial charge >= 0.3 is 24.1 Å². The van der Waals surface area contributed by atoms with Crippen LogP contribution in [0, 0.1) is 0 Å². The molecule has 194 valence electrons. The summed E-state index contributed by atoms with van der Waals surface area (Å²) in [5.74, 6) is 0. The number of benzene rings is 2. The van der Waals surface area contributed by atoms with Crippen molar-refractivity contribution in [2.24, 2.45) is 0 Å². The maximum absolute atomic E-state index is 12.0. The van der Waals surface area contributed by atoms with Crippen molar-refractivity contribution in [3.8, 4) is 0 Å². The third kappa shape index (κ3) is 5.65. The fourth-order valence-electron chi connectivity index (χ4n) is 3.60. The Bertz CT molecular complexity index is 1170. The van der Waals surface area contributed by atoms with Gasteiger partial charge in [0.1, 0.15) is 11.3 Å². The molecule has 10 nitrogen and oxygen atoms in total. The summed E-state index contributed by atoms with van der Waals surface area (Å²) in [5.41, 5.74) is -0.0783. The van der Waals surface area contributed by atoms with Gasteiger partial charge in [-0.15, -0.1) is 0 Å². The summed E-state index contributed by atoms with van der Waals surface area (Å²) in [5, 5.41) is 8.34. The van der Waals surface area contributed by atoms with Crippen LogP contribution in [0.25, 0.3) is 0 Å². The zero-order chi connectivity index (χ0) is 26.1. The first-order valence-corrected chi connectivity index (χ1v) is 12.1. The molecule has 8 amide bonds. The lowest BCUT2D eigenvalue weighted by Gasteiger charge is -2.45. The number of halogens is 2. The van der Waals surface area contributed by atoms with E-state index >= 15 is 0 Å². The Morgan fingerprint density at radius 1 is 0.694 bits per heavy atom. The highest BCUT2D eigenvalue weighted by Gasteiger charge is 2.44. The Morgan fingerprint density at radius 2 is 1.14 bits per heavy atom. The number of carbonyl (C=O) groups is 4. The van der Waals surface area contributed by atoms with Gasteiger partial charge in [0.2, 0.25) is 0 Å². The van der Waals surface area contributed by atoms with Crippen LogP contribution in [-0.2, 0) is 11.3 Å². The normalized spacial score (nSPS) is 20.9. The summed E-state index contributed by atoms with van der Waals surface area (Å²) in [7, 11) is 4.54. The lowest BCUT2D eigenvalue weighted by molar-refractivity contribution is 0.0749. The third-order valence-electron chi connectivity index (χ3n) is 6.01. The summed E-state index contributed by atoms with van der Waals surface area (Å²) in [4.78, 5) is 50.6. The van der Waals surface area contributed by atoms with Crippen LogP contribution in [0.2, 0.25) is 0 Å². The number of imide groups is 2. The van der Waals surface area contributed by atoms with Crippen LogP contribution >= 0.6 is 31.9 Å². The van der Waals surface area contributed by atoms with Gasteiger partial charge in [-0.05, 0) is 49.2 Å². The Morgan fingerprint density at radius 3 is 1.64 bits per heavy atom. The van der Waals surface area contributed by atoms with E-state index in [0.717, 1.165) is 29.9 Å². The molecule has 2 aliphatic heterocycles. The smallest absolute Gasteiger partial charge is 0.311 e. The SMILES string of the molecule is C.CN1C(=O)NC(C)(c2cccc(Br)c2)N(C)C1=O.CN1C(=O)NC(C)(c2cccc(Br)c2)NC1=O. The van der Waals surface area contributed by atoms with E-state index in [0.29, 0.717) is 0 Å². The van der Waals surface area contributed by atoms with Gasteiger partial charge < -0.3 is 20.9 Å². The highest BCUT2D eigenvalue weighted by atomic mass is 79.9. The van der Waals surface area contributed by atoms with Gasteiger partial charge in [0.25, 0.3) is 0 Å². The Kier molecular flexibility index (Phi) is 8.79. The molecule has 1 atom stereocenters. The molecule has 12 heteroatoms. The number of nitrogens with one attached hydrogen (secondary N) is 3. The minimum atomic E-state index is -0.884. The Hall–Kier alpha value is -3.12. The average molecular weight is 626 g/mol. The second-order valence-corrected chi connectivity index (χ2v) is 10.3. The number of amides is 8. The van der Waals surface area contributed by atoms with Crippen molar-refractivity contribution in [3.63, 3.8) is 0 Å². The van der Waals surface area contributed by atoms with Crippen molar-refractivity contribution in [1.82, 2.24) is 30.7 Å². The van der Waals surface area contributed by atoms with E-state index in [9.17, 15) is 19.2 Å². The van der Waals surface area contributed by atoms with Gasteiger partial charge in [-0.2, -0.15) is 0 Å². The van der Waals surface area contributed by atoms with Gasteiger partial charge in [-0.3, -0.25) is 0 Å². The molecule has 4 rings (SSSR count). The molecule has 2 aliphatic rings. The van der Waals surface area contributed by atoms with Gasteiger partial charge in [-0.1, -0.05) is 63.6 Å². The molecule has 0 bridgehead atoms. The van der Waals surface area contributed by atoms with E-state index in [1.165, 1.54) is 19.0 Å². The van der Waals surface area contributed by atoms with Crippen LogP contribution in [-0.4, -0.2) is 60.0 Å². The van der Waals surface area contributed by atoms with Gasteiger partial charge in [0.15, 0.2) is 0 Å². The lowest BCUT2D eigenvalue weighted by atomic mass is 9.99. The minimum absolute atomic E-state index is 0. The van der Waals surface area contributed by atoms with Crippen LogP contribution in [0.15, 0.2) is 57.5 Å². The molecule has 2 fully saturated rings. The van der Waals surface area contributed by atoms with E-state index < -0.39 is 29.4 Å². The number of hydrogen-bond acceptors (Lipinski definition) is 4. The second-order valence-electron chi connectivity index (χ2n) is 8.47. The van der Waals surface area contributed by atoms with Crippen molar-refractivity contribution in [3.05, 3.63) is 68.6 Å². The average Bonchev–Trinajstić information content (AvgIpc) is 2.80. The summed E-state index contributed by atoms with van der Waals surface area (Å²) < 4.78 is 1.79. The molecule has 1 unspecified atom stereocenters. The summed E-state index contributed by atoms with van der Waals surface area (Å²) in [6, 6.07) is 13.4. The van der Waals surface area contributed by atoms with Gasteiger partial charge in [-0.25, -0.2) is 29.0 Å². The molecule has 2 aromatic rings. The molecule has 36 heavy (non-hydrogen) atoms. The first-order valence-electron chi connectivity index (χ1n) is 10.5. The van der Waals surface area contributed by atoms with Crippen LogP contribution in [0.1, 0.15) is 32.4 Å². The van der Waals surface area contributed by atoms with Crippen molar-refractivity contribution < 1.29 is 19.2 Å². The van der Waals surface area contributed by atoms with Gasteiger partial charge in [0, 0.05) is 30.1 Å². The van der Waals surface area contributed by atoms with Crippen LogP contribution in [0.4, 0.5) is 19.2 Å². The highest BCUT2D eigenvalue weighted by molar-refractivity contribution is 9.10. The molecule has 2 aromatic carbocycles. The van der Waals surface area contributed by atoms with E-state index in [1.54, 1.807) is 20.9 Å². The zero-order valence-corrected chi connectivity index (χ0v) is 23.0. The molecule has 0 spiro atoms. The number of rotatable bonds is 2. The first kappa shape index (κ1) is 29.1. The monoisotopic (exact) mass is 624 g/mol. The van der Waals surface area contributed by atoms with Crippen molar-refractivity contribution in [2.75, 3.05) is 21.1 Å². The lowest BCUT2D eigenvalue weighted by Crippen LogP contribution is -2.67. The predicted octanol–water partition coefficient (Wildman–Crippen LogP) is 4.95. The third-order valence-corrected chi connectivity index (χ3v) is 7.00. The predicted molar refractivity (Wildman–Crippen MR) is 144 cm³/mol. The topological polar surface area (TPSA) is 114 Å². The summed E-state index contributed by atoms with van der Waals surface area (Å²) in [6.45, 7) is 3.55. The second kappa shape index (κ2) is 10.9. The molecule has 0 saturated carbocycles. The van der Waals surface area contributed by atoms with Crippen molar-refractivity contribution >= 4 is 56.0 Å². The maximum atomic E-state index is 12.0. The molecule has 0 aromatic heterocycles. The molecule has 3 N–H and O–H groups in total. The van der Waals surface area contributed by atoms with E-state index in [2.05, 4.69) is 47.8 Å². The summed E-state index contributed by atoms with van der Waals surface area (Å²) in [6.07, 6.45) is 0. The molecule has 2 heterocycles. The van der Waals surface area contributed by atoms with Crippen LogP contribution in [0.3, 0.4) is 0 Å². The molecular formula is C24H30Br2N6O4. The fourth-order valence-corrected chi connectivity index (χ4v) is 4.40. The van der Waals surface area contributed by atoms with Crippen molar-refractivity contribution in [2.45, 2.75) is 32.6 Å². The number of hydrogen-bond donors (Lipinski definition) is 3. The minimum Gasteiger partial charge on any atom is -0.311 e.